The molecule has 0 heterocycles. The average Bonchev–Trinajstić information content (AvgIpc) is 2.20. The van der Waals surface area contributed by atoms with Crippen LogP contribution in [0.2, 0.25) is 0 Å². The number of aliphatic hydroxyl groups excluding tert-OH is 1. The van der Waals surface area contributed by atoms with E-state index in [1.165, 1.54) is 0 Å². The van der Waals surface area contributed by atoms with Crippen molar-refractivity contribution in [1.82, 2.24) is 0 Å². The first-order chi connectivity index (χ1) is 9.43. The molecule has 134 valence electrons. The molecule has 0 aliphatic rings. The van der Waals surface area contributed by atoms with Gasteiger partial charge in [-0.05, 0) is 6.42 Å². The van der Waals surface area contributed by atoms with Gasteiger partial charge in [-0.25, -0.2) is 0 Å². The molecule has 0 fully saturated rings. The monoisotopic (exact) mass is 360 g/mol. The van der Waals surface area contributed by atoms with Crippen molar-refractivity contribution in [3.05, 3.63) is 0 Å². The van der Waals surface area contributed by atoms with E-state index in [-0.39, 0.29) is 0 Å². The second-order valence-electron chi connectivity index (χ2n) is 4.25. The second-order valence-corrected chi connectivity index (χ2v) is 4.25. The van der Waals surface area contributed by atoms with Crippen LogP contribution in [0.25, 0.3) is 0 Å². The standard InChI is InChI=1S/C9H8F12O/c10-5(11,2-1-3-22)9(20,21)6(12,13)4(7(14,15)16)8(17,18)19/h4,22H,1-3H2. The molecule has 0 amide bonds. The zero-order chi connectivity index (χ0) is 18.2. The molecule has 0 aliphatic carbocycles. The van der Waals surface area contributed by atoms with Gasteiger partial charge in [0.1, 0.15) is 0 Å². The molecule has 0 rings (SSSR count). The molecule has 0 atom stereocenters. The van der Waals surface area contributed by atoms with Crippen molar-refractivity contribution in [2.24, 2.45) is 5.92 Å². The molecule has 0 aromatic carbocycles. The van der Waals surface area contributed by atoms with Crippen LogP contribution in [0.3, 0.4) is 0 Å². The predicted octanol–water partition coefficient (Wildman–Crippen LogP) is 4.41. The number of halogens is 12. The Labute approximate surface area is 114 Å². The van der Waals surface area contributed by atoms with Gasteiger partial charge in [0.25, 0.3) is 0 Å². The van der Waals surface area contributed by atoms with Gasteiger partial charge in [-0.15, -0.1) is 0 Å². The van der Waals surface area contributed by atoms with Crippen molar-refractivity contribution < 1.29 is 57.8 Å². The minimum absolute atomic E-state index is 1.21. The van der Waals surface area contributed by atoms with Crippen molar-refractivity contribution in [1.29, 1.82) is 0 Å². The lowest BCUT2D eigenvalue weighted by atomic mass is 9.89. The van der Waals surface area contributed by atoms with Crippen LogP contribution in [0.4, 0.5) is 52.7 Å². The van der Waals surface area contributed by atoms with Crippen LogP contribution in [0.15, 0.2) is 0 Å². The van der Waals surface area contributed by atoms with E-state index in [1.807, 2.05) is 0 Å². The lowest BCUT2D eigenvalue weighted by Crippen LogP contribution is -2.63. The molecular formula is C9H8F12O. The summed E-state index contributed by atoms with van der Waals surface area (Å²) in [4.78, 5) is 0. The smallest absolute Gasteiger partial charge is 0.396 e. The van der Waals surface area contributed by atoms with Crippen LogP contribution in [0.5, 0.6) is 0 Å². The molecule has 13 heteroatoms. The third-order valence-corrected chi connectivity index (χ3v) is 2.54. The highest BCUT2D eigenvalue weighted by Crippen LogP contribution is 2.58. The first-order valence-electron chi connectivity index (χ1n) is 5.30. The van der Waals surface area contributed by atoms with Crippen LogP contribution >= 0.6 is 0 Å². The van der Waals surface area contributed by atoms with Gasteiger partial charge in [-0.3, -0.25) is 0 Å². The third-order valence-electron chi connectivity index (χ3n) is 2.54. The van der Waals surface area contributed by atoms with E-state index >= 15 is 0 Å². The van der Waals surface area contributed by atoms with Crippen LogP contribution in [-0.2, 0) is 0 Å². The fourth-order valence-electron chi connectivity index (χ4n) is 1.48. The summed E-state index contributed by atoms with van der Waals surface area (Å²) in [5.74, 6) is -26.0. The summed E-state index contributed by atoms with van der Waals surface area (Å²) in [6.07, 6.45) is -17.3. The van der Waals surface area contributed by atoms with E-state index in [1.54, 1.807) is 0 Å². The van der Waals surface area contributed by atoms with Crippen molar-refractivity contribution in [2.45, 2.75) is 43.0 Å². The maximum atomic E-state index is 13.0. The topological polar surface area (TPSA) is 20.2 Å². The molecule has 0 unspecified atom stereocenters. The summed E-state index contributed by atoms with van der Waals surface area (Å²) in [5, 5.41) is 8.14. The van der Waals surface area contributed by atoms with Gasteiger partial charge in [0.15, 0.2) is 0 Å². The minimum atomic E-state index is -7.15. The molecule has 0 aromatic heterocycles. The van der Waals surface area contributed by atoms with Crippen LogP contribution in [-0.4, -0.2) is 41.8 Å². The van der Waals surface area contributed by atoms with Crippen molar-refractivity contribution in [3.63, 3.8) is 0 Å². The van der Waals surface area contributed by atoms with Gasteiger partial charge < -0.3 is 5.11 Å². The largest absolute Gasteiger partial charge is 0.406 e. The second kappa shape index (κ2) is 5.96. The average molecular weight is 360 g/mol. The molecular weight excluding hydrogens is 352 g/mol. The van der Waals surface area contributed by atoms with Crippen LogP contribution in [0.1, 0.15) is 12.8 Å². The fraction of sp³-hybridized carbons (Fsp3) is 1.00. The van der Waals surface area contributed by atoms with E-state index < -0.39 is 55.5 Å². The van der Waals surface area contributed by atoms with Crippen LogP contribution < -0.4 is 0 Å². The molecule has 0 radical (unpaired) electrons. The first-order valence-corrected chi connectivity index (χ1v) is 5.30. The maximum absolute atomic E-state index is 13.0. The maximum Gasteiger partial charge on any atom is 0.406 e. The highest BCUT2D eigenvalue weighted by Gasteiger charge is 2.82. The molecule has 1 nitrogen and oxygen atoms in total. The lowest BCUT2D eigenvalue weighted by Gasteiger charge is -2.38. The Balaban J connectivity index is 5.94. The SMILES string of the molecule is OCCCC(F)(F)C(F)(F)C(F)(F)C(C(F)(F)F)C(F)(F)F. The van der Waals surface area contributed by atoms with Crippen molar-refractivity contribution in [3.8, 4) is 0 Å². The van der Waals surface area contributed by atoms with Crippen molar-refractivity contribution >= 4 is 0 Å². The Hall–Kier alpha value is -0.880. The van der Waals surface area contributed by atoms with Gasteiger partial charge >= 0.3 is 30.1 Å². The third kappa shape index (κ3) is 3.90. The van der Waals surface area contributed by atoms with Gasteiger partial charge in [0.05, 0.1) is 0 Å². The number of hydrogen-bond donors (Lipinski definition) is 1. The van der Waals surface area contributed by atoms with E-state index in [4.69, 9.17) is 5.11 Å². The first kappa shape index (κ1) is 21.1. The summed E-state index contributed by atoms with van der Waals surface area (Å²) >= 11 is 0. The van der Waals surface area contributed by atoms with Gasteiger partial charge in [0.2, 0.25) is 5.92 Å². The zero-order valence-electron chi connectivity index (χ0n) is 10.2. The summed E-state index contributed by atoms with van der Waals surface area (Å²) in [6.45, 7) is -1.21. The van der Waals surface area contributed by atoms with Gasteiger partial charge in [-0.1, -0.05) is 0 Å². The molecule has 0 spiro atoms. The Morgan fingerprint density at radius 3 is 1.32 bits per heavy atom. The predicted molar refractivity (Wildman–Crippen MR) is 46.8 cm³/mol. The fourth-order valence-corrected chi connectivity index (χ4v) is 1.48. The highest BCUT2D eigenvalue weighted by atomic mass is 19.4. The number of hydrogen-bond acceptors (Lipinski definition) is 1. The normalized spacial score (nSPS) is 15.5. The highest BCUT2D eigenvalue weighted by molar-refractivity contribution is 5.03. The Kier molecular flexibility index (Phi) is 5.72. The summed E-state index contributed by atoms with van der Waals surface area (Å²) < 4.78 is 150. The molecule has 0 aromatic rings. The Bertz CT molecular complexity index is 354. The Morgan fingerprint density at radius 2 is 1.05 bits per heavy atom. The van der Waals surface area contributed by atoms with Gasteiger partial charge in [-0.2, -0.15) is 52.7 Å². The van der Waals surface area contributed by atoms with E-state index in [9.17, 15) is 52.7 Å². The lowest BCUT2D eigenvalue weighted by molar-refractivity contribution is -0.402. The molecule has 0 bridgehead atoms. The number of aliphatic hydroxyl groups is 1. The number of alkyl halides is 12. The Morgan fingerprint density at radius 1 is 0.682 bits per heavy atom. The summed E-state index contributed by atoms with van der Waals surface area (Å²) in [7, 11) is 0. The number of rotatable bonds is 6. The summed E-state index contributed by atoms with van der Waals surface area (Å²) in [5.41, 5.74) is 0. The van der Waals surface area contributed by atoms with Gasteiger partial charge in [0, 0.05) is 13.0 Å². The quantitative estimate of drug-likeness (QED) is 0.696. The van der Waals surface area contributed by atoms with Crippen LogP contribution in [0, 0.1) is 5.92 Å². The summed E-state index contributed by atoms with van der Waals surface area (Å²) in [6, 6.07) is 0. The van der Waals surface area contributed by atoms with E-state index in [0.717, 1.165) is 0 Å². The molecule has 0 saturated carbocycles. The molecule has 0 aliphatic heterocycles. The molecule has 0 saturated heterocycles. The minimum Gasteiger partial charge on any atom is -0.396 e. The van der Waals surface area contributed by atoms with Crippen molar-refractivity contribution in [2.75, 3.05) is 6.61 Å². The van der Waals surface area contributed by atoms with E-state index in [0.29, 0.717) is 0 Å². The molecule has 1 N–H and O–H groups in total. The van der Waals surface area contributed by atoms with E-state index in [2.05, 4.69) is 0 Å². The zero-order valence-corrected chi connectivity index (χ0v) is 10.2. The molecule has 22 heavy (non-hydrogen) atoms.